The zero-order valence-corrected chi connectivity index (χ0v) is 13.7. The van der Waals surface area contributed by atoms with E-state index in [0.717, 1.165) is 50.6 Å². The van der Waals surface area contributed by atoms with Crippen molar-refractivity contribution in [1.82, 2.24) is 10.2 Å². The average Bonchev–Trinajstić information content (AvgIpc) is 2.58. The van der Waals surface area contributed by atoms with Crippen molar-refractivity contribution in [1.29, 1.82) is 0 Å². The van der Waals surface area contributed by atoms with Crippen LogP contribution in [0.5, 0.6) is 5.75 Å². The molecule has 122 valence electrons. The molecule has 1 aromatic rings. The topological polar surface area (TPSA) is 44.8 Å². The van der Waals surface area contributed by atoms with E-state index in [0.29, 0.717) is 0 Å². The van der Waals surface area contributed by atoms with Crippen molar-refractivity contribution in [3.63, 3.8) is 0 Å². The Morgan fingerprint density at radius 2 is 1.91 bits per heavy atom. The predicted octanol–water partition coefficient (Wildman–Crippen LogP) is 2.72. The summed E-state index contributed by atoms with van der Waals surface area (Å²) < 4.78 is 5.41. The highest BCUT2D eigenvalue weighted by molar-refractivity contribution is 5.74. The molecule has 2 rings (SSSR count). The van der Waals surface area contributed by atoms with Gasteiger partial charge in [0.2, 0.25) is 0 Å². The molecule has 1 aliphatic heterocycles. The van der Waals surface area contributed by atoms with E-state index in [1.807, 2.05) is 23.1 Å². The number of hydrogen-bond donors (Lipinski definition) is 1. The van der Waals surface area contributed by atoms with Crippen molar-refractivity contribution < 1.29 is 9.53 Å². The van der Waals surface area contributed by atoms with Crippen molar-refractivity contribution in [3.8, 4) is 5.75 Å². The largest absolute Gasteiger partial charge is 0.495 e. The summed E-state index contributed by atoms with van der Waals surface area (Å²) in [6, 6.07) is 8.10. The number of nitrogens with zero attached hydrogens (tertiary/aromatic N) is 2. The Labute approximate surface area is 133 Å². The van der Waals surface area contributed by atoms with E-state index in [1.165, 1.54) is 12.8 Å². The van der Waals surface area contributed by atoms with Gasteiger partial charge in [0, 0.05) is 32.7 Å². The first-order valence-electron chi connectivity index (χ1n) is 8.17. The van der Waals surface area contributed by atoms with Crippen LogP contribution in [0.1, 0.15) is 26.2 Å². The molecule has 1 aliphatic rings. The lowest BCUT2D eigenvalue weighted by Crippen LogP contribution is -2.52. The molecule has 0 aliphatic carbocycles. The molecule has 1 heterocycles. The van der Waals surface area contributed by atoms with E-state index < -0.39 is 0 Å². The number of urea groups is 1. The quantitative estimate of drug-likeness (QED) is 0.822. The SMILES string of the molecule is CCCCCNC(=O)N1CCN(c2ccccc2OC)CC1. The van der Waals surface area contributed by atoms with Crippen LogP contribution in [0, 0.1) is 0 Å². The number of methoxy groups -OCH3 is 1. The zero-order chi connectivity index (χ0) is 15.8. The maximum Gasteiger partial charge on any atom is 0.317 e. The van der Waals surface area contributed by atoms with Crippen LogP contribution in [-0.2, 0) is 0 Å². The van der Waals surface area contributed by atoms with E-state index in [2.05, 4.69) is 23.2 Å². The van der Waals surface area contributed by atoms with Gasteiger partial charge in [0.25, 0.3) is 0 Å². The van der Waals surface area contributed by atoms with Gasteiger partial charge < -0.3 is 19.9 Å². The molecule has 5 heteroatoms. The van der Waals surface area contributed by atoms with Gasteiger partial charge in [-0.3, -0.25) is 0 Å². The third-order valence-electron chi connectivity index (χ3n) is 4.05. The van der Waals surface area contributed by atoms with Crippen LogP contribution in [0.2, 0.25) is 0 Å². The van der Waals surface area contributed by atoms with Crippen molar-refractivity contribution in [2.24, 2.45) is 0 Å². The Hall–Kier alpha value is -1.91. The molecule has 0 spiro atoms. The highest BCUT2D eigenvalue weighted by Gasteiger charge is 2.22. The fourth-order valence-electron chi connectivity index (χ4n) is 2.72. The molecule has 1 aromatic carbocycles. The molecule has 0 radical (unpaired) electrons. The Balaban J connectivity index is 1.81. The van der Waals surface area contributed by atoms with Gasteiger partial charge >= 0.3 is 6.03 Å². The summed E-state index contributed by atoms with van der Waals surface area (Å²) in [5.41, 5.74) is 1.10. The monoisotopic (exact) mass is 305 g/mol. The third-order valence-corrected chi connectivity index (χ3v) is 4.05. The lowest BCUT2D eigenvalue weighted by atomic mass is 10.2. The molecule has 1 fully saturated rings. The van der Waals surface area contributed by atoms with E-state index in [1.54, 1.807) is 7.11 Å². The van der Waals surface area contributed by atoms with Crippen LogP contribution >= 0.6 is 0 Å². The number of nitrogens with one attached hydrogen (secondary N) is 1. The predicted molar refractivity (Wildman–Crippen MR) is 89.7 cm³/mol. The molecule has 1 saturated heterocycles. The molecule has 0 aromatic heterocycles. The van der Waals surface area contributed by atoms with Crippen LogP contribution in [-0.4, -0.2) is 50.8 Å². The number of unbranched alkanes of at least 4 members (excludes halogenated alkanes) is 2. The number of carbonyl (C=O) groups is 1. The molecule has 0 atom stereocenters. The molecule has 1 N–H and O–H groups in total. The van der Waals surface area contributed by atoms with Gasteiger partial charge in [-0.25, -0.2) is 4.79 Å². The third kappa shape index (κ3) is 4.29. The molecular weight excluding hydrogens is 278 g/mol. The number of hydrogen-bond acceptors (Lipinski definition) is 3. The highest BCUT2D eigenvalue weighted by Crippen LogP contribution is 2.28. The van der Waals surface area contributed by atoms with Gasteiger partial charge in [-0.05, 0) is 18.6 Å². The highest BCUT2D eigenvalue weighted by atomic mass is 16.5. The summed E-state index contributed by atoms with van der Waals surface area (Å²) >= 11 is 0. The fourth-order valence-corrected chi connectivity index (χ4v) is 2.72. The van der Waals surface area contributed by atoms with Crippen LogP contribution in [0.25, 0.3) is 0 Å². The number of piperazine rings is 1. The van der Waals surface area contributed by atoms with Crippen LogP contribution in [0.15, 0.2) is 24.3 Å². The minimum Gasteiger partial charge on any atom is -0.495 e. The first kappa shape index (κ1) is 16.5. The second-order valence-corrected chi connectivity index (χ2v) is 5.58. The second-order valence-electron chi connectivity index (χ2n) is 5.58. The number of ether oxygens (including phenoxy) is 1. The van der Waals surface area contributed by atoms with E-state index in [9.17, 15) is 4.79 Å². The smallest absolute Gasteiger partial charge is 0.317 e. The summed E-state index contributed by atoms with van der Waals surface area (Å²) in [6.45, 7) is 6.11. The number of anilines is 1. The minimum absolute atomic E-state index is 0.0655. The molecular formula is C17H27N3O2. The second kappa shape index (κ2) is 8.51. The standard InChI is InChI=1S/C17H27N3O2/c1-3-4-7-10-18-17(21)20-13-11-19(12-14-20)15-8-5-6-9-16(15)22-2/h5-6,8-9H,3-4,7,10-14H2,1-2H3,(H,18,21). The fraction of sp³-hybridized carbons (Fsp3) is 0.588. The van der Waals surface area contributed by atoms with Gasteiger partial charge in [-0.15, -0.1) is 0 Å². The van der Waals surface area contributed by atoms with Gasteiger partial charge in [0.15, 0.2) is 0 Å². The van der Waals surface area contributed by atoms with E-state index >= 15 is 0 Å². The lowest BCUT2D eigenvalue weighted by Gasteiger charge is -2.36. The van der Waals surface area contributed by atoms with Crippen LogP contribution in [0.4, 0.5) is 10.5 Å². The van der Waals surface area contributed by atoms with Gasteiger partial charge in [0.05, 0.1) is 12.8 Å². The molecule has 0 unspecified atom stereocenters. The molecule has 22 heavy (non-hydrogen) atoms. The summed E-state index contributed by atoms with van der Waals surface area (Å²) in [7, 11) is 1.69. The summed E-state index contributed by atoms with van der Waals surface area (Å²) in [6.07, 6.45) is 3.40. The lowest BCUT2D eigenvalue weighted by molar-refractivity contribution is 0.194. The van der Waals surface area contributed by atoms with Crippen LogP contribution < -0.4 is 15.0 Å². The first-order chi connectivity index (χ1) is 10.8. The molecule has 0 saturated carbocycles. The summed E-state index contributed by atoms with van der Waals surface area (Å²) in [4.78, 5) is 16.3. The van der Waals surface area contributed by atoms with Crippen molar-refractivity contribution in [2.45, 2.75) is 26.2 Å². The normalized spacial score (nSPS) is 14.8. The van der Waals surface area contributed by atoms with Gasteiger partial charge in [-0.1, -0.05) is 31.9 Å². The first-order valence-corrected chi connectivity index (χ1v) is 8.17. The Morgan fingerprint density at radius 3 is 2.59 bits per heavy atom. The van der Waals surface area contributed by atoms with E-state index in [-0.39, 0.29) is 6.03 Å². The number of rotatable bonds is 6. The minimum atomic E-state index is 0.0655. The number of amides is 2. The Morgan fingerprint density at radius 1 is 1.18 bits per heavy atom. The number of benzene rings is 1. The summed E-state index contributed by atoms with van der Waals surface area (Å²) in [5.74, 6) is 0.889. The Kier molecular flexibility index (Phi) is 6.37. The van der Waals surface area contributed by atoms with Crippen molar-refractivity contribution in [3.05, 3.63) is 24.3 Å². The van der Waals surface area contributed by atoms with Crippen LogP contribution in [0.3, 0.4) is 0 Å². The number of para-hydroxylation sites is 2. The molecule has 0 bridgehead atoms. The molecule has 5 nitrogen and oxygen atoms in total. The van der Waals surface area contributed by atoms with Crippen molar-refractivity contribution >= 4 is 11.7 Å². The van der Waals surface area contributed by atoms with E-state index in [4.69, 9.17) is 4.74 Å². The maximum atomic E-state index is 12.1. The van der Waals surface area contributed by atoms with Gasteiger partial charge in [-0.2, -0.15) is 0 Å². The number of carbonyl (C=O) groups excluding carboxylic acids is 1. The maximum absolute atomic E-state index is 12.1. The molecule has 2 amide bonds. The summed E-state index contributed by atoms with van der Waals surface area (Å²) in [5, 5.41) is 3.01. The average molecular weight is 305 g/mol. The van der Waals surface area contributed by atoms with Crippen molar-refractivity contribution in [2.75, 3.05) is 44.7 Å². The Bertz CT molecular complexity index is 471. The van der Waals surface area contributed by atoms with Gasteiger partial charge in [0.1, 0.15) is 5.75 Å². The zero-order valence-electron chi connectivity index (χ0n) is 13.7.